The third kappa shape index (κ3) is 5.34. The molecule has 0 N–H and O–H groups in total. The lowest BCUT2D eigenvalue weighted by Gasteiger charge is -2.30. The van der Waals surface area contributed by atoms with Crippen molar-refractivity contribution in [1.29, 1.82) is 0 Å². The SMILES string of the molecule is CC(C)(C)OC(=O)N1C(=O)[C@@H]2CN(Cc3ccccc3)C[C@@H]2[C@H]1COS(C)(=O)=O. The number of imide groups is 1. The van der Waals surface area contributed by atoms with E-state index in [-0.39, 0.29) is 24.3 Å². The number of likely N-dealkylation sites (tertiary alicyclic amines) is 2. The Kier molecular flexibility index (Phi) is 6.03. The first kappa shape index (κ1) is 21.7. The van der Waals surface area contributed by atoms with Gasteiger partial charge in [0.25, 0.3) is 10.1 Å². The minimum Gasteiger partial charge on any atom is -0.443 e. The molecule has 0 unspecified atom stereocenters. The van der Waals surface area contributed by atoms with Crippen molar-refractivity contribution in [2.75, 3.05) is 26.0 Å². The van der Waals surface area contributed by atoms with Gasteiger partial charge in [0.15, 0.2) is 0 Å². The minimum absolute atomic E-state index is 0.208. The van der Waals surface area contributed by atoms with Gasteiger partial charge >= 0.3 is 6.09 Å². The second-order valence-electron chi connectivity index (χ2n) is 8.69. The largest absolute Gasteiger partial charge is 0.443 e. The van der Waals surface area contributed by atoms with Gasteiger partial charge in [-0.15, -0.1) is 0 Å². The van der Waals surface area contributed by atoms with Crippen molar-refractivity contribution in [3.8, 4) is 0 Å². The number of fused-ring (bicyclic) bond motifs is 1. The van der Waals surface area contributed by atoms with Crippen LogP contribution < -0.4 is 0 Å². The second-order valence-corrected chi connectivity index (χ2v) is 10.3. The summed E-state index contributed by atoms with van der Waals surface area (Å²) in [6, 6.07) is 9.23. The molecule has 2 amide bonds. The molecule has 2 aliphatic rings. The average Bonchev–Trinajstić information content (AvgIpc) is 3.09. The Balaban J connectivity index is 1.78. The molecular weight excluding hydrogens is 396 g/mol. The third-order valence-electron chi connectivity index (χ3n) is 5.11. The second kappa shape index (κ2) is 8.04. The highest BCUT2D eigenvalue weighted by atomic mass is 32.2. The Morgan fingerprint density at radius 2 is 1.83 bits per heavy atom. The fourth-order valence-electron chi connectivity index (χ4n) is 4.00. The van der Waals surface area contributed by atoms with E-state index in [1.807, 2.05) is 30.3 Å². The van der Waals surface area contributed by atoms with Crippen molar-refractivity contribution in [2.24, 2.45) is 11.8 Å². The standard InChI is InChI=1S/C20H28N2O6S/c1-20(2,3)28-19(24)22-17(13-27-29(4,25)26)15-11-21(12-16(15)18(22)23)10-14-8-6-5-7-9-14/h5-9,15-17H,10-13H2,1-4H3/t15-,16+,17+/m0/s1. The van der Waals surface area contributed by atoms with Gasteiger partial charge in [-0.1, -0.05) is 30.3 Å². The van der Waals surface area contributed by atoms with Crippen LogP contribution in [0.25, 0.3) is 0 Å². The number of nitrogens with zero attached hydrogens (tertiary/aromatic N) is 2. The summed E-state index contributed by atoms with van der Waals surface area (Å²) in [5.41, 5.74) is 0.365. The van der Waals surface area contributed by atoms with Crippen LogP contribution in [0.3, 0.4) is 0 Å². The van der Waals surface area contributed by atoms with Crippen LogP contribution in [0.5, 0.6) is 0 Å². The van der Waals surface area contributed by atoms with Crippen LogP contribution in [-0.4, -0.2) is 67.8 Å². The molecule has 3 atom stereocenters. The van der Waals surface area contributed by atoms with Crippen LogP contribution >= 0.6 is 0 Å². The predicted octanol–water partition coefficient (Wildman–Crippen LogP) is 1.86. The molecule has 0 aromatic heterocycles. The van der Waals surface area contributed by atoms with Gasteiger partial charge in [0.1, 0.15) is 5.60 Å². The number of hydrogen-bond acceptors (Lipinski definition) is 7. The molecule has 0 radical (unpaired) electrons. The average molecular weight is 425 g/mol. The van der Waals surface area contributed by atoms with Crippen LogP contribution in [0.4, 0.5) is 4.79 Å². The van der Waals surface area contributed by atoms with Crippen LogP contribution in [0.15, 0.2) is 30.3 Å². The first-order valence-corrected chi connectivity index (χ1v) is 11.4. The van der Waals surface area contributed by atoms with Gasteiger partial charge in [0, 0.05) is 25.6 Å². The van der Waals surface area contributed by atoms with Gasteiger partial charge in [0.05, 0.1) is 24.8 Å². The molecule has 160 valence electrons. The van der Waals surface area contributed by atoms with E-state index in [9.17, 15) is 18.0 Å². The molecule has 2 saturated heterocycles. The molecule has 2 aliphatic heterocycles. The van der Waals surface area contributed by atoms with Crippen molar-refractivity contribution in [3.63, 3.8) is 0 Å². The highest BCUT2D eigenvalue weighted by molar-refractivity contribution is 7.85. The van der Waals surface area contributed by atoms with Crippen molar-refractivity contribution in [3.05, 3.63) is 35.9 Å². The predicted molar refractivity (Wildman–Crippen MR) is 106 cm³/mol. The van der Waals surface area contributed by atoms with Gasteiger partial charge < -0.3 is 4.74 Å². The summed E-state index contributed by atoms with van der Waals surface area (Å²) in [7, 11) is -3.71. The van der Waals surface area contributed by atoms with Gasteiger partial charge in [-0.05, 0) is 26.3 Å². The molecule has 2 fully saturated rings. The Labute approximate surface area is 171 Å². The van der Waals surface area contributed by atoms with E-state index in [0.29, 0.717) is 19.6 Å². The zero-order valence-electron chi connectivity index (χ0n) is 17.2. The topological polar surface area (TPSA) is 93.2 Å². The van der Waals surface area contributed by atoms with E-state index >= 15 is 0 Å². The summed E-state index contributed by atoms with van der Waals surface area (Å²) in [5.74, 6) is -0.929. The van der Waals surface area contributed by atoms with E-state index in [2.05, 4.69) is 4.90 Å². The zero-order valence-corrected chi connectivity index (χ0v) is 18.0. The summed E-state index contributed by atoms with van der Waals surface area (Å²) < 4.78 is 33.4. The van der Waals surface area contributed by atoms with Crippen molar-refractivity contribution >= 4 is 22.1 Å². The lowest BCUT2D eigenvalue weighted by atomic mass is 9.94. The van der Waals surface area contributed by atoms with E-state index < -0.39 is 27.9 Å². The molecule has 0 bridgehead atoms. The normalized spacial score (nSPS) is 25.3. The molecule has 0 saturated carbocycles. The minimum atomic E-state index is -3.71. The Morgan fingerprint density at radius 3 is 2.41 bits per heavy atom. The number of hydrogen-bond donors (Lipinski definition) is 0. The van der Waals surface area contributed by atoms with Gasteiger partial charge in [-0.25, -0.2) is 9.69 Å². The summed E-state index contributed by atoms with van der Waals surface area (Å²) in [6.45, 7) is 6.66. The summed E-state index contributed by atoms with van der Waals surface area (Å²) in [6.07, 6.45) is 0.198. The highest BCUT2D eigenvalue weighted by Crippen LogP contribution is 2.39. The van der Waals surface area contributed by atoms with E-state index in [0.717, 1.165) is 16.7 Å². The first-order valence-electron chi connectivity index (χ1n) is 9.61. The van der Waals surface area contributed by atoms with E-state index in [1.54, 1.807) is 20.8 Å². The maximum atomic E-state index is 13.0. The highest BCUT2D eigenvalue weighted by Gasteiger charge is 2.55. The monoisotopic (exact) mass is 424 g/mol. The number of rotatable bonds is 5. The Morgan fingerprint density at radius 1 is 1.17 bits per heavy atom. The molecule has 3 rings (SSSR count). The molecule has 0 spiro atoms. The summed E-state index contributed by atoms with van der Waals surface area (Å²) in [4.78, 5) is 28.9. The molecule has 2 heterocycles. The molecule has 0 aliphatic carbocycles. The molecular formula is C20H28N2O6S. The van der Waals surface area contributed by atoms with Crippen LogP contribution in [0.2, 0.25) is 0 Å². The Hall–Kier alpha value is -1.97. The lowest BCUT2D eigenvalue weighted by Crippen LogP contribution is -2.47. The van der Waals surface area contributed by atoms with Crippen molar-refractivity contribution in [1.82, 2.24) is 9.80 Å². The smallest absolute Gasteiger partial charge is 0.417 e. The number of ether oxygens (including phenoxy) is 1. The fraction of sp³-hybridized carbons (Fsp3) is 0.600. The van der Waals surface area contributed by atoms with Gasteiger partial charge in [-0.3, -0.25) is 13.9 Å². The van der Waals surface area contributed by atoms with Crippen molar-refractivity contribution < 1.29 is 26.9 Å². The van der Waals surface area contributed by atoms with Gasteiger partial charge in [-0.2, -0.15) is 8.42 Å². The van der Waals surface area contributed by atoms with Crippen LogP contribution in [0.1, 0.15) is 26.3 Å². The number of amides is 2. The molecule has 1 aromatic carbocycles. The quantitative estimate of drug-likeness (QED) is 0.666. The molecule has 8 nitrogen and oxygen atoms in total. The van der Waals surface area contributed by atoms with Crippen molar-refractivity contribution in [2.45, 2.75) is 39.0 Å². The fourth-order valence-corrected chi connectivity index (χ4v) is 4.38. The Bertz CT molecular complexity index is 865. The van der Waals surface area contributed by atoms with Crippen LogP contribution in [-0.2, 0) is 30.4 Å². The maximum Gasteiger partial charge on any atom is 0.417 e. The zero-order chi connectivity index (χ0) is 21.4. The summed E-state index contributed by atoms with van der Waals surface area (Å²) >= 11 is 0. The molecule has 1 aromatic rings. The van der Waals surface area contributed by atoms with Crippen LogP contribution in [0, 0.1) is 11.8 Å². The third-order valence-corrected chi connectivity index (χ3v) is 5.68. The molecule has 29 heavy (non-hydrogen) atoms. The number of carbonyl (C=O) groups is 2. The van der Waals surface area contributed by atoms with E-state index in [4.69, 9.17) is 8.92 Å². The molecule has 9 heteroatoms. The number of carbonyl (C=O) groups excluding carboxylic acids is 2. The number of benzene rings is 1. The van der Waals surface area contributed by atoms with E-state index in [1.165, 1.54) is 0 Å². The summed E-state index contributed by atoms with van der Waals surface area (Å²) in [5, 5.41) is 0. The first-order chi connectivity index (χ1) is 13.4. The lowest BCUT2D eigenvalue weighted by molar-refractivity contribution is -0.131. The maximum absolute atomic E-state index is 13.0. The van der Waals surface area contributed by atoms with Gasteiger partial charge in [0.2, 0.25) is 5.91 Å².